The summed E-state index contributed by atoms with van der Waals surface area (Å²) in [5.74, 6) is -0.0762. The molecule has 0 aromatic carbocycles. The zero-order valence-electron chi connectivity index (χ0n) is 44.2. The van der Waals surface area contributed by atoms with Crippen LogP contribution in [0.15, 0.2) is 36.5 Å². The molecule has 0 aromatic heterocycles. The first-order valence-corrected chi connectivity index (χ1v) is 29.3. The minimum atomic E-state index is -0.849. The summed E-state index contributed by atoms with van der Waals surface area (Å²) in [5, 5.41) is 23.1. The monoisotopic (exact) mass is 928 g/mol. The number of carbonyl (C=O) groups is 2. The van der Waals surface area contributed by atoms with Gasteiger partial charge in [-0.25, -0.2) is 0 Å². The summed E-state index contributed by atoms with van der Waals surface area (Å²) < 4.78 is 5.49. The maximum Gasteiger partial charge on any atom is 0.305 e. The standard InChI is InChI=1S/C60H113NO5/c1-3-5-7-9-11-13-15-17-19-20-21-22-26-30-34-38-42-46-50-54-60(65)66-55-51-47-43-39-35-31-27-24-23-25-29-33-37-41-45-49-53-59(64)61-57(56-62)58(63)52-48-44-40-36-32-28-18-16-14-12-10-8-6-4-2/h11,13,17,19,48,52,57-58,62-63H,3-10,12,14-16,18,20-47,49-51,53-56H2,1-2H3,(H,61,64)/b13-11-,19-17-,52-48+. The van der Waals surface area contributed by atoms with Crippen LogP contribution in [0, 0.1) is 0 Å². The maximum atomic E-state index is 12.4. The van der Waals surface area contributed by atoms with E-state index in [0.717, 1.165) is 51.4 Å². The normalized spacial score (nSPS) is 12.8. The highest BCUT2D eigenvalue weighted by Crippen LogP contribution is 2.17. The zero-order chi connectivity index (χ0) is 47.9. The highest BCUT2D eigenvalue weighted by Gasteiger charge is 2.18. The lowest BCUT2D eigenvalue weighted by Gasteiger charge is -2.20. The van der Waals surface area contributed by atoms with E-state index in [-0.39, 0.29) is 18.5 Å². The number of aliphatic hydroxyl groups is 2. The number of hydrogen-bond acceptors (Lipinski definition) is 5. The SMILES string of the molecule is CCCCC/C=C\C/C=C\CCCCCCCCCCCC(=O)OCCCCCCCCCCCCCCCCCCC(=O)NC(CO)C(O)/C=C/CCCCCCCCCCCCCC. The Bertz CT molecular complexity index is 1070. The topological polar surface area (TPSA) is 95.9 Å². The van der Waals surface area contributed by atoms with Crippen LogP contribution in [0.25, 0.3) is 0 Å². The Balaban J connectivity index is 3.43. The number of carbonyl (C=O) groups excluding carboxylic acids is 2. The number of ether oxygens (including phenoxy) is 1. The summed E-state index contributed by atoms with van der Waals surface area (Å²) in [6.07, 6.45) is 68.7. The van der Waals surface area contributed by atoms with Crippen LogP contribution in [0.1, 0.15) is 309 Å². The molecule has 3 N–H and O–H groups in total. The molecule has 0 saturated heterocycles. The molecule has 0 rings (SSSR count). The van der Waals surface area contributed by atoms with Crippen LogP contribution in [0.4, 0.5) is 0 Å². The summed E-state index contributed by atoms with van der Waals surface area (Å²) in [6, 6.07) is -0.633. The number of rotatable bonds is 54. The minimum Gasteiger partial charge on any atom is -0.466 e. The van der Waals surface area contributed by atoms with Crippen LogP contribution < -0.4 is 5.32 Å². The lowest BCUT2D eigenvalue weighted by molar-refractivity contribution is -0.143. The number of esters is 1. The predicted molar refractivity (Wildman–Crippen MR) is 287 cm³/mol. The Morgan fingerprint density at radius 2 is 0.758 bits per heavy atom. The molecule has 0 fully saturated rings. The molecule has 2 unspecified atom stereocenters. The van der Waals surface area contributed by atoms with Gasteiger partial charge >= 0.3 is 5.97 Å². The number of nitrogens with one attached hydrogen (secondary N) is 1. The van der Waals surface area contributed by atoms with Gasteiger partial charge in [-0.15, -0.1) is 0 Å². The zero-order valence-corrected chi connectivity index (χ0v) is 44.2. The van der Waals surface area contributed by atoms with Crippen molar-refractivity contribution >= 4 is 11.9 Å². The van der Waals surface area contributed by atoms with Gasteiger partial charge in [-0.3, -0.25) is 9.59 Å². The summed E-state index contributed by atoms with van der Waals surface area (Å²) in [7, 11) is 0. The molecule has 0 aromatic rings. The Kier molecular flexibility index (Phi) is 54.1. The van der Waals surface area contributed by atoms with Crippen molar-refractivity contribution in [1.29, 1.82) is 0 Å². The molecule has 2 atom stereocenters. The molecule has 0 aliphatic heterocycles. The summed E-state index contributed by atoms with van der Waals surface area (Å²) in [5.41, 5.74) is 0. The molecular formula is C60H113NO5. The molecule has 1 amide bonds. The van der Waals surface area contributed by atoms with Crippen molar-refractivity contribution in [2.45, 2.75) is 321 Å². The number of aliphatic hydroxyl groups excluding tert-OH is 2. The minimum absolute atomic E-state index is 0.00172. The Morgan fingerprint density at radius 3 is 1.18 bits per heavy atom. The van der Waals surface area contributed by atoms with Gasteiger partial charge in [0.15, 0.2) is 0 Å². The molecule has 6 nitrogen and oxygen atoms in total. The molecule has 0 heterocycles. The fourth-order valence-electron chi connectivity index (χ4n) is 8.90. The van der Waals surface area contributed by atoms with E-state index in [1.165, 1.54) is 231 Å². The lowest BCUT2D eigenvalue weighted by atomic mass is 10.0. The second-order valence-electron chi connectivity index (χ2n) is 20.0. The van der Waals surface area contributed by atoms with Crippen molar-refractivity contribution in [3.8, 4) is 0 Å². The molecular weight excluding hydrogens is 815 g/mol. The van der Waals surface area contributed by atoms with Gasteiger partial charge in [-0.2, -0.15) is 0 Å². The first kappa shape index (κ1) is 64.1. The molecule has 0 bridgehead atoms. The largest absolute Gasteiger partial charge is 0.466 e. The molecule has 0 aliphatic carbocycles. The predicted octanol–water partition coefficient (Wildman–Crippen LogP) is 18.0. The van der Waals surface area contributed by atoms with Crippen LogP contribution >= 0.6 is 0 Å². The van der Waals surface area contributed by atoms with Crippen LogP contribution in [-0.2, 0) is 14.3 Å². The quantitative estimate of drug-likeness (QED) is 0.0321. The van der Waals surface area contributed by atoms with Crippen LogP contribution in [0.2, 0.25) is 0 Å². The fourth-order valence-corrected chi connectivity index (χ4v) is 8.90. The molecule has 0 saturated carbocycles. The third-order valence-corrected chi connectivity index (χ3v) is 13.4. The average Bonchev–Trinajstić information content (AvgIpc) is 3.32. The highest BCUT2D eigenvalue weighted by atomic mass is 16.5. The second-order valence-corrected chi connectivity index (χ2v) is 20.0. The Hall–Kier alpha value is -1.92. The van der Waals surface area contributed by atoms with Gasteiger partial charge in [0.1, 0.15) is 0 Å². The maximum absolute atomic E-state index is 12.4. The van der Waals surface area contributed by atoms with Crippen molar-refractivity contribution in [2.75, 3.05) is 13.2 Å². The molecule has 66 heavy (non-hydrogen) atoms. The van der Waals surface area contributed by atoms with Crippen molar-refractivity contribution in [2.24, 2.45) is 0 Å². The number of unbranched alkanes of at least 4 members (excludes halogenated alkanes) is 39. The van der Waals surface area contributed by atoms with E-state index in [4.69, 9.17) is 4.74 Å². The van der Waals surface area contributed by atoms with E-state index in [0.29, 0.717) is 19.4 Å². The summed E-state index contributed by atoms with van der Waals surface area (Å²) in [6.45, 7) is 4.87. The van der Waals surface area contributed by atoms with Crippen LogP contribution in [0.5, 0.6) is 0 Å². The van der Waals surface area contributed by atoms with E-state index in [1.807, 2.05) is 6.08 Å². The van der Waals surface area contributed by atoms with Gasteiger partial charge in [0.2, 0.25) is 5.91 Å². The third-order valence-electron chi connectivity index (χ3n) is 13.4. The van der Waals surface area contributed by atoms with Crippen molar-refractivity contribution in [3.63, 3.8) is 0 Å². The Morgan fingerprint density at radius 1 is 0.424 bits per heavy atom. The Labute approximate surface area is 411 Å². The first-order chi connectivity index (χ1) is 32.5. The molecule has 0 spiro atoms. The van der Waals surface area contributed by atoms with E-state index in [2.05, 4.69) is 43.5 Å². The van der Waals surface area contributed by atoms with Crippen molar-refractivity contribution < 1.29 is 24.5 Å². The molecule has 388 valence electrons. The number of amides is 1. The van der Waals surface area contributed by atoms with Crippen LogP contribution in [-0.4, -0.2) is 47.4 Å². The first-order valence-electron chi connectivity index (χ1n) is 29.3. The van der Waals surface area contributed by atoms with E-state index in [1.54, 1.807) is 6.08 Å². The third kappa shape index (κ3) is 51.5. The van der Waals surface area contributed by atoms with Gasteiger partial charge in [0.05, 0.1) is 25.4 Å². The lowest BCUT2D eigenvalue weighted by Crippen LogP contribution is -2.45. The number of allylic oxidation sites excluding steroid dienone is 5. The van der Waals surface area contributed by atoms with Gasteiger partial charge in [0.25, 0.3) is 0 Å². The van der Waals surface area contributed by atoms with Crippen molar-refractivity contribution in [3.05, 3.63) is 36.5 Å². The highest BCUT2D eigenvalue weighted by molar-refractivity contribution is 5.76. The fraction of sp³-hybridized carbons (Fsp3) is 0.867. The van der Waals surface area contributed by atoms with Gasteiger partial charge in [0, 0.05) is 12.8 Å². The molecule has 0 radical (unpaired) electrons. The number of hydrogen-bond donors (Lipinski definition) is 3. The van der Waals surface area contributed by atoms with E-state index < -0.39 is 12.1 Å². The van der Waals surface area contributed by atoms with E-state index >= 15 is 0 Å². The second kappa shape index (κ2) is 55.7. The van der Waals surface area contributed by atoms with E-state index in [9.17, 15) is 19.8 Å². The van der Waals surface area contributed by atoms with Gasteiger partial charge in [-0.05, 0) is 64.2 Å². The molecule has 6 heteroatoms. The molecule has 0 aliphatic rings. The van der Waals surface area contributed by atoms with Gasteiger partial charge in [-0.1, -0.05) is 269 Å². The van der Waals surface area contributed by atoms with Crippen molar-refractivity contribution in [1.82, 2.24) is 5.32 Å². The average molecular weight is 929 g/mol. The summed E-state index contributed by atoms with van der Waals surface area (Å²) in [4.78, 5) is 24.5. The summed E-state index contributed by atoms with van der Waals surface area (Å²) >= 11 is 0. The smallest absolute Gasteiger partial charge is 0.305 e. The van der Waals surface area contributed by atoms with Crippen LogP contribution in [0.3, 0.4) is 0 Å². The van der Waals surface area contributed by atoms with Gasteiger partial charge < -0.3 is 20.3 Å².